The van der Waals surface area contributed by atoms with E-state index in [0.717, 1.165) is 22.6 Å². The van der Waals surface area contributed by atoms with Crippen LogP contribution in [0.15, 0.2) is 47.6 Å². The van der Waals surface area contributed by atoms with Crippen molar-refractivity contribution in [3.05, 3.63) is 59.2 Å². The van der Waals surface area contributed by atoms with Gasteiger partial charge >= 0.3 is 0 Å². The molecule has 2 aromatic carbocycles. The molecular weight excluding hydrogens is 294 g/mol. The van der Waals surface area contributed by atoms with Crippen molar-refractivity contribution < 1.29 is 4.74 Å². The first-order chi connectivity index (χ1) is 10.6. The highest BCUT2D eigenvalue weighted by molar-refractivity contribution is 7.80. The van der Waals surface area contributed by atoms with Crippen molar-refractivity contribution in [1.82, 2.24) is 5.43 Å². The minimum atomic E-state index is 0.443. The third kappa shape index (κ3) is 4.30. The molecule has 0 unspecified atom stereocenters. The number of para-hydroxylation sites is 1. The maximum absolute atomic E-state index is 5.26. The topological polar surface area (TPSA) is 45.6 Å². The number of aryl methyl sites for hydroxylation is 2. The molecule has 0 atom stereocenters. The van der Waals surface area contributed by atoms with E-state index in [2.05, 4.69) is 28.8 Å². The van der Waals surface area contributed by atoms with Gasteiger partial charge in [0.15, 0.2) is 5.11 Å². The summed E-state index contributed by atoms with van der Waals surface area (Å²) >= 11 is 5.24. The minimum Gasteiger partial charge on any atom is -0.496 e. The van der Waals surface area contributed by atoms with E-state index in [1.54, 1.807) is 13.3 Å². The summed E-state index contributed by atoms with van der Waals surface area (Å²) in [5.41, 5.74) is 7.01. The van der Waals surface area contributed by atoms with E-state index in [0.29, 0.717) is 5.11 Å². The van der Waals surface area contributed by atoms with Crippen LogP contribution in [0.1, 0.15) is 16.7 Å². The molecule has 2 rings (SSSR count). The average molecular weight is 313 g/mol. The van der Waals surface area contributed by atoms with Crippen LogP contribution < -0.4 is 15.5 Å². The molecule has 0 heterocycles. The number of hydrogen-bond donors (Lipinski definition) is 2. The zero-order valence-electron chi connectivity index (χ0n) is 12.9. The Morgan fingerprint density at radius 3 is 2.68 bits per heavy atom. The molecule has 0 spiro atoms. The smallest absolute Gasteiger partial charge is 0.191 e. The lowest BCUT2D eigenvalue weighted by Gasteiger charge is -2.10. The summed E-state index contributed by atoms with van der Waals surface area (Å²) in [5, 5.41) is 7.71. The zero-order valence-corrected chi connectivity index (χ0v) is 13.7. The van der Waals surface area contributed by atoms with E-state index in [4.69, 9.17) is 17.0 Å². The van der Waals surface area contributed by atoms with Crippen LogP contribution in [-0.4, -0.2) is 18.4 Å². The molecule has 114 valence electrons. The van der Waals surface area contributed by atoms with E-state index in [1.165, 1.54) is 5.56 Å². The summed E-state index contributed by atoms with van der Waals surface area (Å²) in [6, 6.07) is 13.8. The van der Waals surface area contributed by atoms with Crippen LogP contribution in [0.2, 0.25) is 0 Å². The van der Waals surface area contributed by atoms with Gasteiger partial charge in [0.1, 0.15) is 5.75 Å². The standard InChI is InChI=1S/C17H19N3OS/c1-12-8-9-15(13(2)10-12)19-17(22)20-18-11-14-6-4-5-7-16(14)21-3/h4-11H,1-3H3,(H2,19,20,22). The van der Waals surface area contributed by atoms with E-state index >= 15 is 0 Å². The molecule has 2 aromatic rings. The lowest BCUT2D eigenvalue weighted by molar-refractivity contribution is 0.414. The van der Waals surface area contributed by atoms with Crippen LogP contribution in [0.4, 0.5) is 5.69 Å². The van der Waals surface area contributed by atoms with Crippen molar-refractivity contribution in [3.63, 3.8) is 0 Å². The second-order valence-corrected chi connectivity index (χ2v) is 5.29. The minimum absolute atomic E-state index is 0.443. The number of nitrogens with zero attached hydrogens (tertiary/aromatic N) is 1. The third-order valence-corrected chi connectivity index (χ3v) is 3.33. The van der Waals surface area contributed by atoms with Gasteiger partial charge in [0.2, 0.25) is 0 Å². The molecule has 0 aliphatic heterocycles. The van der Waals surface area contributed by atoms with Gasteiger partial charge in [-0.1, -0.05) is 29.8 Å². The third-order valence-electron chi connectivity index (χ3n) is 3.14. The average Bonchev–Trinajstić information content (AvgIpc) is 2.50. The fraction of sp³-hybridized carbons (Fsp3) is 0.176. The predicted octanol–water partition coefficient (Wildman–Crippen LogP) is 3.63. The van der Waals surface area contributed by atoms with Gasteiger partial charge in [-0.25, -0.2) is 0 Å². The van der Waals surface area contributed by atoms with Crippen LogP contribution in [0, 0.1) is 13.8 Å². The van der Waals surface area contributed by atoms with Gasteiger partial charge in [-0.05, 0) is 49.8 Å². The molecule has 2 N–H and O–H groups in total. The lowest BCUT2D eigenvalue weighted by Crippen LogP contribution is -2.24. The Morgan fingerprint density at radius 1 is 1.18 bits per heavy atom. The number of hydrazone groups is 1. The summed E-state index contributed by atoms with van der Waals surface area (Å²) in [5.74, 6) is 0.765. The number of rotatable bonds is 4. The van der Waals surface area contributed by atoms with Gasteiger partial charge in [0, 0.05) is 11.3 Å². The first kappa shape index (κ1) is 16.0. The van der Waals surface area contributed by atoms with Gasteiger partial charge in [0.05, 0.1) is 13.3 Å². The quantitative estimate of drug-likeness (QED) is 0.514. The summed E-state index contributed by atoms with van der Waals surface area (Å²) < 4.78 is 5.26. The number of thiocarbonyl (C=S) groups is 1. The Kier molecular flexibility index (Phi) is 5.49. The second-order valence-electron chi connectivity index (χ2n) is 4.88. The summed E-state index contributed by atoms with van der Waals surface area (Å²) in [6.45, 7) is 4.10. The van der Waals surface area contributed by atoms with Crippen molar-refractivity contribution in [2.45, 2.75) is 13.8 Å². The molecule has 0 amide bonds. The first-order valence-electron chi connectivity index (χ1n) is 6.90. The Morgan fingerprint density at radius 2 is 1.95 bits per heavy atom. The summed E-state index contributed by atoms with van der Waals surface area (Å²) in [6.07, 6.45) is 1.68. The number of methoxy groups -OCH3 is 1. The van der Waals surface area contributed by atoms with E-state index < -0.39 is 0 Å². The van der Waals surface area contributed by atoms with Crippen molar-refractivity contribution in [1.29, 1.82) is 0 Å². The zero-order chi connectivity index (χ0) is 15.9. The number of nitrogens with one attached hydrogen (secondary N) is 2. The van der Waals surface area contributed by atoms with Crippen LogP contribution in [0.5, 0.6) is 5.75 Å². The molecule has 0 aromatic heterocycles. The largest absolute Gasteiger partial charge is 0.496 e. The Labute approximate surface area is 136 Å². The van der Waals surface area contributed by atoms with Crippen LogP contribution >= 0.6 is 12.2 Å². The SMILES string of the molecule is COc1ccccc1C=NNC(=S)Nc1ccc(C)cc1C. The van der Waals surface area contributed by atoms with Crippen LogP contribution in [-0.2, 0) is 0 Å². The van der Waals surface area contributed by atoms with Crippen molar-refractivity contribution in [3.8, 4) is 5.75 Å². The number of anilines is 1. The van der Waals surface area contributed by atoms with Crippen LogP contribution in [0.3, 0.4) is 0 Å². The van der Waals surface area contributed by atoms with Gasteiger partial charge in [0.25, 0.3) is 0 Å². The van der Waals surface area contributed by atoms with Gasteiger partial charge < -0.3 is 10.1 Å². The van der Waals surface area contributed by atoms with Gasteiger partial charge in [-0.2, -0.15) is 5.10 Å². The fourth-order valence-corrected chi connectivity index (χ4v) is 2.20. The first-order valence-corrected chi connectivity index (χ1v) is 7.31. The van der Waals surface area contributed by atoms with E-state index in [-0.39, 0.29) is 0 Å². The van der Waals surface area contributed by atoms with Crippen molar-refractivity contribution in [2.75, 3.05) is 12.4 Å². The molecule has 0 fully saturated rings. The van der Waals surface area contributed by atoms with E-state index in [9.17, 15) is 0 Å². The highest BCUT2D eigenvalue weighted by Crippen LogP contribution is 2.16. The highest BCUT2D eigenvalue weighted by atomic mass is 32.1. The molecular formula is C17H19N3OS. The Bertz CT molecular complexity index is 698. The van der Waals surface area contributed by atoms with Gasteiger partial charge in [-0.15, -0.1) is 0 Å². The Balaban J connectivity index is 1.96. The monoisotopic (exact) mass is 313 g/mol. The lowest BCUT2D eigenvalue weighted by atomic mass is 10.1. The summed E-state index contributed by atoms with van der Waals surface area (Å²) in [7, 11) is 1.63. The number of ether oxygens (including phenoxy) is 1. The number of hydrogen-bond acceptors (Lipinski definition) is 3. The normalized spacial score (nSPS) is 10.5. The van der Waals surface area contributed by atoms with Crippen molar-refractivity contribution in [2.24, 2.45) is 5.10 Å². The maximum Gasteiger partial charge on any atom is 0.191 e. The van der Waals surface area contributed by atoms with E-state index in [1.807, 2.05) is 43.3 Å². The predicted molar refractivity (Wildman–Crippen MR) is 95.9 cm³/mol. The maximum atomic E-state index is 5.26. The molecule has 4 nitrogen and oxygen atoms in total. The summed E-state index contributed by atoms with van der Waals surface area (Å²) in [4.78, 5) is 0. The molecule has 0 aliphatic rings. The Hall–Kier alpha value is -2.40. The second kappa shape index (κ2) is 7.56. The molecule has 5 heteroatoms. The molecule has 0 saturated carbocycles. The molecule has 0 saturated heterocycles. The fourth-order valence-electron chi connectivity index (χ4n) is 2.04. The molecule has 0 aliphatic carbocycles. The molecule has 22 heavy (non-hydrogen) atoms. The van der Waals surface area contributed by atoms with Crippen LogP contribution in [0.25, 0.3) is 0 Å². The molecule has 0 bridgehead atoms. The van der Waals surface area contributed by atoms with Crippen molar-refractivity contribution >= 4 is 29.2 Å². The number of benzene rings is 2. The van der Waals surface area contributed by atoms with Gasteiger partial charge in [-0.3, -0.25) is 5.43 Å². The molecule has 0 radical (unpaired) electrons. The highest BCUT2D eigenvalue weighted by Gasteiger charge is 2.01.